The fraction of sp³-hybridized carbons (Fsp3) is 0.273. The van der Waals surface area contributed by atoms with Crippen molar-refractivity contribution in [3.05, 3.63) is 29.1 Å². The maximum absolute atomic E-state index is 13.5. The molecule has 0 saturated heterocycles. The fourth-order valence-electron chi connectivity index (χ4n) is 1.41. The van der Waals surface area contributed by atoms with Crippen LogP contribution in [0.1, 0.15) is 17.3 Å². The summed E-state index contributed by atoms with van der Waals surface area (Å²) in [5, 5.41) is 17.5. The molecule has 0 atom stereocenters. The summed E-state index contributed by atoms with van der Waals surface area (Å²) in [6.45, 7) is 0.622. The molecule has 2 N–H and O–H groups in total. The number of likely N-dealkylation sites (N-methyl/N-ethyl adjacent to an activating group) is 1. The Labute approximate surface area is 105 Å². The largest absolute Gasteiger partial charge is 0.503 e. The maximum Gasteiger partial charge on any atom is 0.323 e. The summed E-state index contributed by atoms with van der Waals surface area (Å²) in [6, 6.07) is 0.275. The van der Waals surface area contributed by atoms with Gasteiger partial charge < -0.3 is 15.1 Å². The molecule has 0 saturated carbocycles. The second-order valence-electron chi connectivity index (χ2n) is 3.60. The van der Waals surface area contributed by atoms with E-state index >= 15 is 0 Å². The number of aliphatic carboxylic acids is 1. The smallest absolute Gasteiger partial charge is 0.323 e. The van der Waals surface area contributed by atoms with Gasteiger partial charge in [0.05, 0.1) is 5.56 Å². The van der Waals surface area contributed by atoms with E-state index in [4.69, 9.17) is 10.2 Å². The number of rotatable bonds is 4. The number of halogens is 3. The van der Waals surface area contributed by atoms with Gasteiger partial charge in [0.2, 0.25) is 5.82 Å². The van der Waals surface area contributed by atoms with Crippen LogP contribution in [0.2, 0.25) is 0 Å². The van der Waals surface area contributed by atoms with Crippen molar-refractivity contribution in [1.82, 2.24) is 4.90 Å². The number of nitrogens with zero attached hydrogens (tertiary/aromatic N) is 1. The van der Waals surface area contributed by atoms with Gasteiger partial charge >= 0.3 is 5.97 Å². The molecule has 1 rings (SSSR count). The lowest BCUT2D eigenvalue weighted by Crippen LogP contribution is -2.36. The lowest BCUT2D eigenvalue weighted by Gasteiger charge is -2.19. The van der Waals surface area contributed by atoms with Crippen molar-refractivity contribution in [2.24, 2.45) is 0 Å². The molecule has 1 aromatic carbocycles. The first-order valence-corrected chi connectivity index (χ1v) is 5.17. The van der Waals surface area contributed by atoms with Gasteiger partial charge in [0.25, 0.3) is 5.91 Å². The highest BCUT2D eigenvalue weighted by molar-refractivity contribution is 5.96. The molecule has 0 fully saturated rings. The van der Waals surface area contributed by atoms with Crippen LogP contribution >= 0.6 is 0 Å². The molecule has 0 spiro atoms. The zero-order chi connectivity index (χ0) is 14.7. The molecule has 19 heavy (non-hydrogen) atoms. The Morgan fingerprint density at radius 1 is 1.26 bits per heavy atom. The molecular formula is C11H10F3NO4. The quantitative estimate of drug-likeness (QED) is 0.814. The number of hydrogen-bond donors (Lipinski definition) is 2. The van der Waals surface area contributed by atoms with Crippen LogP contribution in [0.3, 0.4) is 0 Å². The van der Waals surface area contributed by atoms with Gasteiger partial charge in [0.1, 0.15) is 6.54 Å². The number of phenols is 1. The minimum Gasteiger partial charge on any atom is -0.503 e. The molecule has 1 amide bonds. The summed E-state index contributed by atoms with van der Waals surface area (Å²) in [6.07, 6.45) is 0. The highest BCUT2D eigenvalue weighted by Gasteiger charge is 2.26. The number of benzene rings is 1. The third-order valence-corrected chi connectivity index (χ3v) is 2.36. The summed E-state index contributed by atoms with van der Waals surface area (Å²) in [5.74, 6) is -9.16. The first kappa shape index (κ1) is 14.8. The normalized spacial score (nSPS) is 10.3. The summed E-state index contributed by atoms with van der Waals surface area (Å²) >= 11 is 0. The molecule has 0 unspecified atom stereocenters. The van der Waals surface area contributed by atoms with E-state index in [-0.39, 0.29) is 12.6 Å². The van der Waals surface area contributed by atoms with Crippen LogP contribution in [0.25, 0.3) is 0 Å². The van der Waals surface area contributed by atoms with Gasteiger partial charge in [-0.1, -0.05) is 0 Å². The Morgan fingerprint density at radius 3 is 2.32 bits per heavy atom. The van der Waals surface area contributed by atoms with Crippen LogP contribution in [0.15, 0.2) is 6.07 Å². The first-order chi connectivity index (χ1) is 8.79. The predicted octanol–water partition coefficient (Wildman–Crippen LogP) is 1.36. The highest BCUT2D eigenvalue weighted by Crippen LogP contribution is 2.26. The zero-order valence-electron chi connectivity index (χ0n) is 9.78. The van der Waals surface area contributed by atoms with Crippen molar-refractivity contribution >= 4 is 11.9 Å². The average molecular weight is 277 g/mol. The number of carboxylic acids is 1. The lowest BCUT2D eigenvalue weighted by atomic mass is 10.1. The molecule has 0 aliphatic carbocycles. The molecule has 8 heteroatoms. The SMILES string of the molecule is CCN(CC(=O)O)C(=O)c1cc(F)c(F)c(O)c1F. The minimum atomic E-state index is -1.81. The van der Waals surface area contributed by atoms with Crippen LogP contribution in [0.5, 0.6) is 5.75 Å². The number of hydrogen-bond acceptors (Lipinski definition) is 3. The van der Waals surface area contributed by atoms with E-state index in [2.05, 4.69) is 0 Å². The van der Waals surface area contributed by atoms with Crippen LogP contribution in [0, 0.1) is 17.5 Å². The molecule has 5 nitrogen and oxygen atoms in total. The van der Waals surface area contributed by atoms with Crippen molar-refractivity contribution in [1.29, 1.82) is 0 Å². The van der Waals surface area contributed by atoms with Gasteiger partial charge in [-0.05, 0) is 13.0 Å². The van der Waals surface area contributed by atoms with Crippen LogP contribution in [-0.2, 0) is 4.79 Å². The Bertz CT molecular complexity index is 533. The van der Waals surface area contributed by atoms with E-state index in [1.54, 1.807) is 0 Å². The van der Waals surface area contributed by atoms with Gasteiger partial charge in [0.15, 0.2) is 17.4 Å². The van der Waals surface area contributed by atoms with Gasteiger partial charge in [-0.2, -0.15) is 4.39 Å². The number of aromatic hydroxyl groups is 1. The Morgan fingerprint density at radius 2 is 1.84 bits per heavy atom. The second-order valence-corrected chi connectivity index (χ2v) is 3.60. The average Bonchev–Trinajstić information content (AvgIpc) is 2.36. The number of carbonyl (C=O) groups is 2. The van der Waals surface area contributed by atoms with Crippen molar-refractivity contribution < 1.29 is 33.0 Å². The van der Waals surface area contributed by atoms with E-state index in [1.807, 2.05) is 0 Å². The zero-order valence-corrected chi connectivity index (χ0v) is 9.78. The van der Waals surface area contributed by atoms with Crippen molar-refractivity contribution in [3.63, 3.8) is 0 Å². The topological polar surface area (TPSA) is 77.8 Å². The van der Waals surface area contributed by atoms with Gasteiger partial charge in [0, 0.05) is 6.54 Å². The van der Waals surface area contributed by atoms with Crippen LogP contribution in [-0.4, -0.2) is 40.1 Å². The number of amides is 1. The summed E-state index contributed by atoms with van der Waals surface area (Å²) < 4.78 is 39.3. The first-order valence-electron chi connectivity index (χ1n) is 5.17. The second kappa shape index (κ2) is 5.59. The molecule has 0 aliphatic heterocycles. The van der Waals surface area contributed by atoms with E-state index < -0.39 is 47.2 Å². The summed E-state index contributed by atoms with van der Waals surface area (Å²) in [7, 11) is 0. The maximum atomic E-state index is 13.5. The monoisotopic (exact) mass is 277 g/mol. The third-order valence-electron chi connectivity index (χ3n) is 2.36. The van der Waals surface area contributed by atoms with Crippen molar-refractivity contribution in [3.8, 4) is 5.75 Å². The summed E-state index contributed by atoms with van der Waals surface area (Å²) in [5.41, 5.74) is -0.931. The van der Waals surface area contributed by atoms with Gasteiger partial charge in [-0.25, -0.2) is 8.78 Å². The molecule has 0 heterocycles. The number of phenolic OH excluding ortho intramolecular Hbond substituents is 1. The van der Waals surface area contributed by atoms with Gasteiger partial charge in [-0.15, -0.1) is 0 Å². The fourth-order valence-corrected chi connectivity index (χ4v) is 1.41. The highest BCUT2D eigenvalue weighted by atomic mass is 19.2. The Hall–Kier alpha value is -2.25. The number of carboxylic acid groups (broad SMARTS) is 1. The predicted molar refractivity (Wildman–Crippen MR) is 57.2 cm³/mol. The van der Waals surface area contributed by atoms with E-state index in [9.17, 15) is 22.8 Å². The Kier molecular flexibility index (Phi) is 4.36. The van der Waals surface area contributed by atoms with Crippen LogP contribution < -0.4 is 0 Å². The summed E-state index contributed by atoms with van der Waals surface area (Å²) in [4.78, 5) is 23.0. The van der Waals surface area contributed by atoms with Gasteiger partial charge in [-0.3, -0.25) is 9.59 Å². The minimum absolute atomic E-state index is 0.0790. The molecule has 0 bridgehead atoms. The molecule has 0 aliphatic rings. The molecule has 0 aromatic heterocycles. The Balaban J connectivity index is 3.22. The van der Waals surface area contributed by atoms with E-state index in [1.165, 1.54) is 6.92 Å². The lowest BCUT2D eigenvalue weighted by molar-refractivity contribution is -0.137. The van der Waals surface area contributed by atoms with Crippen LogP contribution in [0.4, 0.5) is 13.2 Å². The third kappa shape index (κ3) is 2.95. The van der Waals surface area contributed by atoms with Crippen molar-refractivity contribution in [2.75, 3.05) is 13.1 Å². The van der Waals surface area contributed by atoms with E-state index in [0.29, 0.717) is 4.90 Å². The standard InChI is InChI=1S/C11H10F3NO4/c1-2-15(4-7(16)17)11(19)5-3-6(12)9(14)10(18)8(5)13/h3,18H,2,4H2,1H3,(H,16,17). The molecule has 0 radical (unpaired) electrons. The van der Waals surface area contributed by atoms with Crippen molar-refractivity contribution in [2.45, 2.75) is 6.92 Å². The number of carbonyl (C=O) groups excluding carboxylic acids is 1. The molecule has 1 aromatic rings. The van der Waals surface area contributed by atoms with E-state index in [0.717, 1.165) is 0 Å². The molecule has 104 valence electrons. The molecular weight excluding hydrogens is 267 g/mol.